The fourth-order valence-corrected chi connectivity index (χ4v) is 2.10. The second-order valence-electron chi connectivity index (χ2n) is 4.42. The number of methoxy groups -OCH3 is 1. The van der Waals surface area contributed by atoms with Crippen LogP contribution in [-0.2, 0) is 7.05 Å². The number of hydrogen-bond acceptors (Lipinski definition) is 5. The maximum Gasteiger partial charge on any atom is 0.171 e. The highest BCUT2D eigenvalue weighted by atomic mass is 35.5. The van der Waals surface area contributed by atoms with Crippen molar-refractivity contribution in [3.63, 3.8) is 0 Å². The van der Waals surface area contributed by atoms with E-state index in [1.807, 2.05) is 0 Å². The molecule has 21 heavy (non-hydrogen) atoms. The minimum Gasteiger partial charge on any atom is -0.507 e. The van der Waals surface area contributed by atoms with Crippen LogP contribution >= 0.6 is 11.6 Å². The Hall–Kier alpha value is -2.47. The van der Waals surface area contributed by atoms with E-state index in [1.165, 1.54) is 12.3 Å². The predicted molar refractivity (Wildman–Crippen MR) is 77.4 cm³/mol. The number of ether oxygens (including phenoxy) is 1. The number of rotatable bonds is 3. The highest BCUT2D eigenvalue weighted by molar-refractivity contribution is 6.29. The van der Waals surface area contributed by atoms with E-state index in [2.05, 4.69) is 10.1 Å². The lowest BCUT2D eigenvalue weighted by atomic mass is 10.1. The van der Waals surface area contributed by atoms with Crippen molar-refractivity contribution in [1.29, 1.82) is 0 Å². The van der Waals surface area contributed by atoms with Crippen LogP contribution in [0.25, 0.3) is 22.8 Å². The van der Waals surface area contributed by atoms with Crippen molar-refractivity contribution in [1.82, 2.24) is 14.7 Å². The Kier molecular flexibility index (Phi) is 3.31. The summed E-state index contributed by atoms with van der Waals surface area (Å²) in [6.07, 6.45) is 1.54. The number of aromatic nitrogens is 3. The van der Waals surface area contributed by atoms with E-state index in [4.69, 9.17) is 20.9 Å². The quantitative estimate of drug-likeness (QED) is 0.805. The van der Waals surface area contributed by atoms with Crippen molar-refractivity contribution < 1.29 is 14.4 Å². The van der Waals surface area contributed by atoms with Crippen molar-refractivity contribution in [2.45, 2.75) is 0 Å². The van der Waals surface area contributed by atoms with E-state index in [-0.39, 0.29) is 5.75 Å². The molecule has 7 heteroatoms. The molecular weight excluding hydrogens is 294 g/mol. The maximum atomic E-state index is 9.94. The summed E-state index contributed by atoms with van der Waals surface area (Å²) in [4.78, 5) is 4.17. The van der Waals surface area contributed by atoms with Crippen LogP contribution in [0.1, 0.15) is 0 Å². The molecule has 1 N–H and O–H groups in total. The minimum absolute atomic E-state index is 0.0800. The van der Waals surface area contributed by atoms with E-state index in [9.17, 15) is 5.11 Å². The second kappa shape index (κ2) is 5.14. The van der Waals surface area contributed by atoms with E-state index >= 15 is 0 Å². The molecule has 0 atom stereocenters. The van der Waals surface area contributed by atoms with Gasteiger partial charge in [-0.3, -0.25) is 0 Å². The highest BCUT2D eigenvalue weighted by Gasteiger charge is 2.16. The van der Waals surface area contributed by atoms with Gasteiger partial charge in [0.25, 0.3) is 0 Å². The Bertz CT molecular complexity index is 795. The summed E-state index contributed by atoms with van der Waals surface area (Å²) < 4.78 is 12.1. The van der Waals surface area contributed by atoms with E-state index < -0.39 is 0 Å². The molecule has 0 amide bonds. The fraction of sp³-hybridized carbons (Fsp3) is 0.143. The summed E-state index contributed by atoms with van der Waals surface area (Å²) in [6.45, 7) is 0. The molecule has 0 radical (unpaired) electrons. The molecule has 0 bridgehead atoms. The first-order chi connectivity index (χ1) is 10.1. The summed E-state index contributed by atoms with van der Waals surface area (Å²) in [5, 5.41) is 14.4. The summed E-state index contributed by atoms with van der Waals surface area (Å²) in [5.74, 6) is 1.69. The summed E-state index contributed by atoms with van der Waals surface area (Å²) in [5.41, 5.74) is 1.02. The van der Waals surface area contributed by atoms with Gasteiger partial charge in [0, 0.05) is 13.1 Å². The first kappa shape index (κ1) is 13.5. The lowest BCUT2D eigenvalue weighted by Gasteiger charge is -2.03. The van der Waals surface area contributed by atoms with Crippen molar-refractivity contribution in [2.75, 3.05) is 7.11 Å². The predicted octanol–water partition coefficient (Wildman–Crippen LogP) is 3.11. The smallest absolute Gasteiger partial charge is 0.171 e. The fourth-order valence-electron chi connectivity index (χ4n) is 1.97. The molecule has 0 aliphatic carbocycles. The third kappa shape index (κ3) is 2.34. The monoisotopic (exact) mass is 305 g/mol. The lowest BCUT2D eigenvalue weighted by Crippen LogP contribution is -1.92. The van der Waals surface area contributed by atoms with E-state index in [1.54, 1.807) is 36.9 Å². The van der Waals surface area contributed by atoms with Gasteiger partial charge in [0.1, 0.15) is 22.3 Å². The van der Waals surface area contributed by atoms with Crippen LogP contribution in [0.2, 0.25) is 5.15 Å². The largest absolute Gasteiger partial charge is 0.507 e. The van der Waals surface area contributed by atoms with Gasteiger partial charge in [0.15, 0.2) is 11.6 Å². The first-order valence-corrected chi connectivity index (χ1v) is 6.49. The topological polar surface area (TPSA) is 73.3 Å². The molecule has 0 aliphatic heterocycles. The summed E-state index contributed by atoms with van der Waals surface area (Å²) in [6, 6.07) is 6.56. The molecule has 1 aromatic carbocycles. The van der Waals surface area contributed by atoms with Crippen LogP contribution in [0.4, 0.5) is 0 Å². The minimum atomic E-state index is 0.0800. The third-order valence-corrected chi connectivity index (χ3v) is 3.49. The molecule has 2 aromatic heterocycles. The van der Waals surface area contributed by atoms with Gasteiger partial charge in [-0.15, -0.1) is 0 Å². The number of nitrogens with zero attached hydrogens (tertiary/aromatic N) is 3. The van der Waals surface area contributed by atoms with Crippen molar-refractivity contribution in [3.8, 4) is 34.3 Å². The maximum absolute atomic E-state index is 9.94. The first-order valence-electron chi connectivity index (χ1n) is 6.12. The third-order valence-electron chi connectivity index (χ3n) is 3.14. The Morgan fingerprint density at radius 1 is 1.33 bits per heavy atom. The molecular formula is C14H12ClN3O3. The zero-order chi connectivity index (χ0) is 15.0. The highest BCUT2D eigenvalue weighted by Crippen LogP contribution is 2.34. The van der Waals surface area contributed by atoms with Crippen LogP contribution in [-0.4, -0.2) is 26.9 Å². The lowest BCUT2D eigenvalue weighted by molar-refractivity contribution is 0.409. The molecule has 0 saturated heterocycles. The molecule has 3 rings (SSSR count). The molecule has 0 unspecified atom stereocenters. The summed E-state index contributed by atoms with van der Waals surface area (Å²) >= 11 is 5.95. The standard InChI is InChI=1S/C14H12ClN3O3/c1-18-13(15)7-16-14(18)10-6-12(21-17-10)9-5-8(20-2)3-4-11(9)19/h3-7,19H,1-2H3. The van der Waals surface area contributed by atoms with Gasteiger partial charge in [-0.25, -0.2) is 4.98 Å². The number of halogens is 1. The average molecular weight is 306 g/mol. The molecule has 2 heterocycles. The second-order valence-corrected chi connectivity index (χ2v) is 4.81. The van der Waals surface area contributed by atoms with Gasteiger partial charge in [0.2, 0.25) is 0 Å². The Labute approximate surface area is 125 Å². The zero-order valence-corrected chi connectivity index (χ0v) is 12.1. The van der Waals surface area contributed by atoms with Crippen LogP contribution in [0.15, 0.2) is 35.0 Å². The van der Waals surface area contributed by atoms with Crippen LogP contribution in [0.5, 0.6) is 11.5 Å². The van der Waals surface area contributed by atoms with Crippen LogP contribution in [0, 0.1) is 0 Å². The molecule has 0 saturated carbocycles. The molecule has 0 fully saturated rings. The number of aromatic hydroxyl groups is 1. The van der Waals surface area contributed by atoms with Gasteiger partial charge in [-0.1, -0.05) is 16.8 Å². The Balaban J connectivity index is 2.04. The molecule has 108 valence electrons. The molecule has 0 spiro atoms. The number of imidazole rings is 1. The van der Waals surface area contributed by atoms with Gasteiger partial charge in [0.05, 0.1) is 18.9 Å². The van der Waals surface area contributed by atoms with Crippen LogP contribution < -0.4 is 4.74 Å². The SMILES string of the molecule is COc1ccc(O)c(-c2cc(-c3ncc(Cl)n3C)no2)c1. The van der Waals surface area contributed by atoms with Crippen molar-refractivity contribution in [2.24, 2.45) is 7.05 Å². The van der Waals surface area contributed by atoms with Crippen molar-refractivity contribution >= 4 is 11.6 Å². The van der Waals surface area contributed by atoms with Crippen LogP contribution in [0.3, 0.4) is 0 Å². The van der Waals surface area contributed by atoms with E-state index in [0.717, 1.165) is 0 Å². The van der Waals surface area contributed by atoms with Gasteiger partial charge in [-0.2, -0.15) is 0 Å². The number of benzene rings is 1. The normalized spacial score (nSPS) is 10.8. The van der Waals surface area contributed by atoms with Gasteiger partial charge < -0.3 is 18.9 Å². The molecule has 0 aliphatic rings. The summed E-state index contributed by atoms with van der Waals surface area (Å²) in [7, 11) is 3.33. The average Bonchev–Trinajstić information content (AvgIpc) is 3.08. The Morgan fingerprint density at radius 2 is 2.14 bits per heavy atom. The number of phenols is 1. The molecule has 6 nitrogen and oxygen atoms in total. The number of hydrogen-bond donors (Lipinski definition) is 1. The number of phenolic OH excluding ortho intramolecular Hbond substituents is 1. The van der Waals surface area contributed by atoms with Gasteiger partial charge in [-0.05, 0) is 18.2 Å². The zero-order valence-electron chi connectivity index (χ0n) is 11.4. The molecule has 3 aromatic rings. The van der Waals surface area contributed by atoms with E-state index in [0.29, 0.717) is 33.7 Å². The Morgan fingerprint density at radius 3 is 2.81 bits per heavy atom. The van der Waals surface area contributed by atoms with Gasteiger partial charge >= 0.3 is 0 Å². The van der Waals surface area contributed by atoms with Crippen molar-refractivity contribution in [3.05, 3.63) is 35.6 Å².